The van der Waals surface area contributed by atoms with Crippen molar-refractivity contribution in [3.63, 3.8) is 0 Å². The number of sulfonamides is 1. The van der Waals surface area contributed by atoms with Gasteiger partial charge in [0.15, 0.2) is 0 Å². The number of benzene rings is 3. The quantitative estimate of drug-likeness (QED) is 0.325. The molecule has 2 amide bonds. The molecule has 4 rings (SSSR count). The Hall–Kier alpha value is -3.85. The van der Waals surface area contributed by atoms with Gasteiger partial charge < -0.3 is 15.0 Å². The molecule has 0 aromatic heterocycles. The van der Waals surface area contributed by atoms with Crippen LogP contribution in [0.3, 0.4) is 0 Å². The van der Waals surface area contributed by atoms with Crippen LogP contribution in [-0.2, 0) is 26.2 Å². The van der Waals surface area contributed by atoms with Gasteiger partial charge in [0.2, 0.25) is 11.8 Å². The summed E-state index contributed by atoms with van der Waals surface area (Å²) in [6.45, 7) is 5.62. The summed E-state index contributed by atoms with van der Waals surface area (Å²) >= 11 is 0. The third-order valence-electron chi connectivity index (χ3n) is 7.39. The van der Waals surface area contributed by atoms with E-state index in [1.165, 1.54) is 17.0 Å². The van der Waals surface area contributed by atoms with Crippen LogP contribution < -0.4 is 14.4 Å². The number of rotatable bonds is 12. The fourth-order valence-electron chi connectivity index (χ4n) is 5.00. The van der Waals surface area contributed by atoms with E-state index in [1.54, 1.807) is 43.3 Å². The van der Waals surface area contributed by atoms with Gasteiger partial charge in [-0.3, -0.25) is 13.9 Å². The fourth-order valence-corrected chi connectivity index (χ4v) is 6.41. The molecule has 3 aromatic rings. The fraction of sp³-hybridized carbons (Fsp3) is 0.375. The van der Waals surface area contributed by atoms with E-state index < -0.39 is 28.5 Å². The maximum Gasteiger partial charge on any atom is 0.264 e. The molecule has 9 heteroatoms. The van der Waals surface area contributed by atoms with E-state index in [4.69, 9.17) is 4.74 Å². The molecule has 1 atom stereocenters. The van der Waals surface area contributed by atoms with Crippen molar-refractivity contribution in [2.45, 2.75) is 70.0 Å². The Balaban J connectivity index is 1.66. The zero-order chi connectivity index (χ0) is 29.4. The van der Waals surface area contributed by atoms with Gasteiger partial charge in [-0.05, 0) is 75.6 Å². The first-order chi connectivity index (χ1) is 19.7. The second-order valence-corrected chi connectivity index (χ2v) is 12.3. The molecule has 0 spiro atoms. The van der Waals surface area contributed by atoms with Crippen LogP contribution in [-0.4, -0.2) is 50.4 Å². The first-order valence-electron chi connectivity index (χ1n) is 14.1. The number of hydrogen-bond donors (Lipinski definition) is 1. The van der Waals surface area contributed by atoms with Crippen LogP contribution in [0.4, 0.5) is 5.69 Å². The average molecular weight is 578 g/mol. The minimum absolute atomic E-state index is 0.0379. The standard InChI is InChI=1S/C32H39N3O5S/c1-4-40-29-18-20-30(21-19-29)41(38,39)35(28-16-14-24(2)15-17-28)23-31(36)34(22-26-10-6-5-7-11-26)25(3)32(37)33-27-12-8-9-13-27/h5-7,10-11,14-21,25,27H,4,8-9,12-13,22-23H2,1-3H3,(H,33,37)/t25-/m1/s1. The Kier molecular flexibility index (Phi) is 10.0. The van der Waals surface area contributed by atoms with Gasteiger partial charge in [0.25, 0.3) is 10.0 Å². The van der Waals surface area contributed by atoms with Gasteiger partial charge in [-0.2, -0.15) is 0 Å². The van der Waals surface area contributed by atoms with Crippen molar-refractivity contribution < 1.29 is 22.7 Å². The molecule has 3 aromatic carbocycles. The van der Waals surface area contributed by atoms with E-state index >= 15 is 0 Å². The zero-order valence-electron chi connectivity index (χ0n) is 24.0. The number of aryl methyl sites for hydroxylation is 1. The summed E-state index contributed by atoms with van der Waals surface area (Å²) in [7, 11) is -4.13. The summed E-state index contributed by atoms with van der Waals surface area (Å²) < 4.78 is 34.5. The largest absolute Gasteiger partial charge is 0.494 e. The number of carbonyl (C=O) groups excluding carboxylic acids is 2. The highest BCUT2D eigenvalue weighted by Gasteiger charge is 2.33. The van der Waals surface area contributed by atoms with E-state index in [0.29, 0.717) is 18.0 Å². The molecule has 0 unspecified atom stereocenters. The molecule has 1 aliphatic carbocycles. The summed E-state index contributed by atoms with van der Waals surface area (Å²) in [6.07, 6.45) is 3.99. The molecule has 0 bridgehead atoms. The predicted molar refractivity (Wildman–Crippen MR) is 160 cm³/mol. The van der Waals surface area contributed by atoms with Crippen molar-refractivity contribution in [2.24, 2.45) is 0 Å². The van der Waals surface area contributed by atoms with Gasteiger partial charge in [0.05, 0.1) is 17.2 Å². The summed E-state index contributed by atoms with van der Waals surface area (Å²) in [6, 6.07) is 21.8. The highest BCUT2D eigenvalue weighted by Crippen LogP contribution is 2.26. The summed E-state index contributed by atoms with van der Waals surface area (Å²) in [4.78, 5) is 28.8. The molecule has 0 aliphatic heterocycles. The van der Waals surface area contributed by atoms with Crippen LogP contribution >= 0.6 is 0 Å². The first kappa shape index (κ1) is 30.1. The van der Waals surface area contributed by atoms with Crippen molar-refractivity contribution >= 4 is 27.5 Å². The molecule has 0 saturated heterocycles. The SMILES string of the molecule is CCOc1ccc(S(=O)(=O)N(CC(=O)N(Cc2ccccc2)[C@H](C)C(=O)NC2CCCC2)c2ccc(C)cc2)cc1. The molecule has 1 aliphatic rings. The number of hydrogen-bond acceptors (Lipinski definition) is 5. The van der Waals surface area contributed by atoms with Gasteiger partial charge >= 0.3 is 0 Å². The molecule has 0 heterocycles. The molecular formula is C32H39N3O5S. The third kappa shape index (κ3) is 7.67. The Morgan fingerprint density at radius 2 is 1.59 bits per heavy atom. The Labute approximate surface area is 243 Å². The van der Waals surface area contributed by atoms with Crippen molar-refractivity contribution in [1.82, 2.24) is 10.2 Å². The molecule has 1 N–H and O–H groups in total. The lowest BCUT2D eigenvalue weighted by Crippen LogP contribution is -2.52. The van der Waals surface area contributed by atoms with Crippen molar-refractivity contribution in [3.05, 3.63) is 90.0 Å². The monoisotopic (exact) mass is 577 g/mol. The predicted octanol–water partition coefficient (Wildman–Crippen LogP) is 5.07. The number of amides is 2. The smallest absolute Gasteiger partial charge is 0.264 e. The topological polar surface area (TPSA) is 96.0 Å². The Morgan fingerprint density at radius 3 is 2.20 bits per heavy atom. The van der Waals surface area contributed by atoms with Crippen LogP contribution in [0.25, 0.3) is 0 Å². The third-order valence-corrected chi connectivity index (χ3v) is 9.18. The van der Waals surface area contributed by atoms with Crippen LogP contribution in [0.1, 0.15) is 50.7 Å². The number of ether oxygens (including phenoxy) is 1. The summed E-state index contributed by atoms with van der Waals surface area (Å²) in [5.74, 6) is -0.156. The van der Waals surface area contributed by atoms with Crippen LogP contribution in [0, 0.1) is 6.92 Å². The van der Waals surface area contributed by atoms with E-state index in [9.17, 15) is 18.0 Å². The molecule has 0 radical (unpaired) electrons. The number of anilines is 1. The minimum atomic E-state index is -4.13. The lowest BCUT2D eigenvalue weighted by Gasteiger charge is -2.32. The molecule has 1 fully saturated rings. The normalized spacial score (nSPS) is 14.3. The van der Waals surface area contributed by atoms with E-state index in [0.717, 1.165) is 41.1 Å². The Bertz CT molecular complexity index is 1400. The van der Waals surface area contributed by atoms with E-state index in [-0.39, 0.29) is 23.4 Å². The van der Waals surface area contributed by atoms with Gasteiger partial charge in [-0.15, -0.1) is 0 Å². The van der Waals surface area contributed by atoms with Gasteiger partial charge in [-0.25, -0.2) is 8.42 Å². The highest BCUT2D eigenvalue weighted by molar-refractivity contribution is 7.92. The van der Waals surface area contributed by atoms with E-state index in [1.807, 2.05) is 44.2 Å². The maximum absolute atomic E-state index is 14.0. The second kappa shape index (κ2) is 13.7. The molecule has 218 valence electrons. The lowest BCUT2D eigenvalue weighted by molar-refractivity contribution is -0.139. The number of nitrogens with one attached hydrogen (secondary N) is 1. The van der Waals surface area contributed by atoms with Gasteiger partial charge in [0.1, 0.15) is 18.3 Å². The molecule has 41 heavy (non-hydrogen) atoms. The van der Waals surface area contributed by atoms with Crippen LogP contribution in [0.2, 0.25) is 0 Å². The number of nitrogens with zero attached hydrogens (tertiary/aromatic N) is 2. The van der Waals surface area contributed by atoms with Crippen LogP contribution in [0.5, 0.6) is 5.75 Å². The zero-order valence-corrected chi connectivity index (χ0v) is 24.8. The van der Waals surface area contributed by atoms with Gasteiger partial charge in [0, 0.05) is 12.6 Å². The minimum Gasteiger partial charge on any atom is -0.494 e. The second-order valence-electron chi connectivity index (χ2n) is 10.4. The van der Waals surface area contributed by atoms with E-state index in [2.05, 4.69) is 5.32 Å². The van der Waals surface area contributed by atoms with Crippen molar-refractivity contribution in [1.29, 1.82) is 0 Å². The molecule has 8 nitrogen and oxygen atoms in total. The average Bonchev–Trinajstić information content (AvgIpc) is 3.49. The Morgan fingerprint density at radius 1 is 0.951 bits per heavy atom. The molecule has 1 saturated carbocycles. The van der Waals surface area contributed by atoms with Crippen molar-refractivity contribution in [2.75, 3.05) is 17.5 Å². The number of carbonyl (C=O) groups is 2. The first-order valence-corrected chi connectivity index (χ1v) is 15.6. The van der Waals surface area contributed by atoms with Crippen LogP contribution in [0.15, 0.2) is 83.8 Å². The lowest BCUT2D eigenvalue weighted by atomic mass is 10.1. The molecular weight excluding hydrogens is 538 g/mol. The summed E-state index contributed by atoms with van der Waals surface area (Å²) in [5, 5.41) is 3.09. The van der Waals surface area contributed by atoms with Crippen molar-refractivity contribution in [3.8, 4) is 5.75 Å². The van der Waals surface area contributed by atoms with Gasteiger partial charge in [-0.1, -0.05) is 60.9 Å². The maximum atomic E-state index is 14.0. The summed E-state index contributed by atoms with van der Waals surface area (Å²) in [5.41, 5.74) is 2.17. The highest BCUT2D eigenvalue weighted by atomic mass is 32.2.